The number of nitrogens with one attached hydrogen (secondary N) is 1. The molecule has 0 aliphatic heterocycles. The van der Waals surface area contributed by atoms with Crippen molar-refractivity contribution >= 4 is 23.0 Å². The summed E-state index contributed by atoms with van der Waals surface area (Å²) in [5.74, 6) is 0.233. The van der Waals surface area contributed by atoms with Crippen LogP contribution in [0.2, 0.25) is 5.02 Å². The average Bonchev–Trinajstić information content (AvgIpc) is 2.42. The number of hydrogen-bond acceptors (Lipinski definition) is 4. The van der Waals surface area contributed by atoms with Gasteiger partial charge in [-0.2, -0.15) is 0 Å². The number of nitrogens with zero attached hydrogens (tertiary/aromatic N) is 1. The van der Waals surface area contributed by atoms with E-state index >= 15 is 0 Å². The molecule has 1 aromatic carbocycles. The van der Waals surface area contributed by atoms with Gasteiger partial charge in [-0.1, -0.05) is 24.4 Å². The van der Waals surface area contributed by atoms with E-state index in [0.717, 1.165) is 36.9 Å². The number of nitro groups is 1. The maximum absolute atomic E-state index is 10.8. The third kappa shape index (κ3) is 3.22. The van der Waals surface area contributed by atoms with Crippen molar-refractivity contribution in [2.24, 2.45) is 5.92 Å². The van der Waals surface area contributed by atoms with Crippen molar-refractivity contribution in [3.63, 3.8) is 0 Å². The Bertz CT molecular complexity index is 507. The van der Waals surface area contributed by atoms with Gasteiger partial charge in [0, 0.05) is 30.3 Å². The van der Waals surface area contributed by atoms with Crippen LogP contribution in [-0.4, -0.2) is 22.7 Å². The minimum atomic E-state index is -0.476. The fraction of sp³-hybridized carbons (Fsp3) is 0.571. The number of rotatable bonds is 4. The number of anilines is 1. The average molecular weight is 299 g/mol. The Morgan fingerprint density at radius 3 is 2.80 bits per heavy atom. The molecule has 0 heterocycles. The first-order chi connectivity index (χ1) is 9.52. The predicted octanol–water partition coefficient (Wildman–Crippen LogP) is 3.52. The highest BCUT2D eigenvalue weighted by Crippen LogP contribution is 2.33. The topological polar surface area (TPSA) is 75.4 Å². The van der Waals surface area contributed by atoms with E-state index in [1.807, 2.05) is 6.92 Å². The molecule has 2 N–H and O–H groups in total. The van der Waals surface area contributed by atoms with E-state index in [0.29, 0.717) is 0 Å². The van der Waals surface area contributed by atoms with Gasteiger partial charge < -0.3 is 10.4 Å². The lowest BCUT2D eigenvalue weighted by Crippen LogP contribution is -2.34. The maximum Gasteiger partial charge on any atom is 0.288 e. The Labute approximate surface area is 123 Å². The molecule has 2 unspecified atom stereocenters. The molecule has 1 fully saturated rings. The Balaban J connectivity index is 2.20. The third-order valence-electron chi connectivity index (χ3n) is 3.98. The minimum Gasteiger partial charge on any atom is -0.396 e. The number of halogens is 1. The summed E-state index contributed by atoms with van der Waals surface area (Å²) < 4.78 is 0. The minimum absolute atomic E-state index is 0.0722. The highest BCUT2D eigenvalue weighted by molar-refractivity contribution is 6.33. The van der Waals surface area contributed by atoms with Crippen LogP contribution in [0.15, 0.2) is 12.1 Å². The van der Waals surface area contributed by atoms with Gasteiger partial charge in [-0.15, -0.1) is 0 Å². The summed E-state index contributed by atoms with van der Waals surface area (Å²) in [4.78, 5) is 10.4. The monoisotopic (exact) mass is 298 g/mol. The van der Waals surface area contributed by atoms with Crippen LogP contribution >= 0.6 is 11.6 Å². The number of nitro benzene ring substituents is 1. The lowest BCUT2D eigenvalue weighted by atomic mass is 9.85. The molecule has 2 rings (SSSR count). The highest BCUT2D eigenvalue weighted by Gasteiger charge is 2.25. The summed E-state index contributed by atoms with van der Waals surface area (Å²) in [6, 6.07) is 3.30. The zero-order chi connectivity index (χ0) is 14.7. The summed E-state index contributed by atoms with van der Waals surface area (Å²) >= 11 is 5.95. The van der Waals surface area contributed by atoms with Crippen LogP contribution in [0.4, 0.5) is 11.4 Å². The fourth-order valence-corrected chi connectivity index (χ4v) is 3.01. The van der Waals surface area contributed by atoms with Crippen LogP contribution in [0.3, 0.4) is 0 Å². The Morgan fingerprint density at radius 1 is 1.45 bits per heavy atom. The molecule has 0 radical (unpaired) electrons. The molecule has 1 aliphatic rings. The smallest absolute Gasteiger partial charge is 0.288 e. The first kappa shape index (κ1) is 15.1. The molecule has 0 bridgehead atoms. The van der Waals surface area contributed by atoms with Gasteiger partial charge in [0.25, 0.3) is 5.69 Å². The SMILES string of the molecule is Cc1cc([N+](=O)[O-])c(Cl)cc1NC1CCCCC1CO. The van der Waals surface area contributed by atoms with Crippen molar-refractivity contribution in [3.05, 3.63) is 32.8 Å². The van der Waals surface area contributed by atoms with E-state index in [1.165, 1.54) is 6.07 Å². The molecule has 0 amide bonds. The molecule has 0 spiro atoms. The maximum atomic E-state index is 10.8. The van der Waals surface area contributed by atoms with E-state index in [2.05, 4.69) is 5.32 Å². The van der Waals surface area contributed by atoms with Crippen LogP contribution < -0.4 is 5.32 Å². The van der Waals surface area contributed by atoms with Gasteiger partial charge in [-0.05, 0) is 31.4 Å². The number of aliphatic hydroxyl groups is 1. The first-order valence-electron chi connectivity index (χ1n) is 6.85. The van der Waals surface area contributed by atoms with Crippen molar-refractivity contribution in [2.45, 2.75) is 38.6 Å². The quantitative estimate of drug-likeness (QED) is 0.659. The van der Waals surface area contributed by atoms with Gasteiger partial charge >= 0.3 is 0 Å². The van der Waals surface area contributed by atoms with E-state index in [1.54, 1.807) is 6.07 Å². The van der Waals surface area contributed by atoms with Crippen LogP contribution in [0, 0.1) is 23.0 Å². The molecule has 110 valence electrons. The number of aliphatic hydroxyl groups excluding tert-OH is 1. The van der Waals surface area contributed by atoms with Gasteiger partial charge in [0.2, 0.25) is 0 Å². The van der Waals surface area contributed by atoms with Gasteiger partial charge in [0.15, 0.2) is 0 Å². The second kappa shape index (κ2) is 6.41. The molecule has 0 aromatic heterocycles. The normalized spacial score (nSPS) is 22.6. The molecular weight excluding hydrogens is 280 g/mol. The molecule has 6 heteroatoms. The summed E-state index contributed by atoms with van der Waals surface area (Å²) in [6.45, 7) is 1.99. The molecule has 0 saturated heterocycles. The Morgan fingerprint density at radius 2 is 2.15 bits per heavy atom. The van der Waals surface area contributed by atoms with E-state index in [-0.39, 0.29) is 29.3 Å². The molecule has 5 nitrogen and oxygen atoms in total. The summed E-state index contributed by atoms with van der Waals surface area (Å²) in [5, 5.41) is 23.8. The lowest BCUT2D eigenvalue weighted by molar-refractivity contribution is -0.384. The molecule has 1 saturated carbocycles. The van der Waals surface area contributed by atoms with Crippen molar-refractivity contribution in [1.29, 1.82) is 0 Å². The lowest BCUT2D eigenvalue weighted by Gasteiger charge is -2.32. The van der Waals surface area contributed by atoms with Crippen LogP contribution in [0.25, 0.3) is 0 Å². The van der Waals surface area contributed by atoms with Gasteiger partial charge in [0.1, 0.15) is 5.02 Å². The van der Waals surface area contributed by atoms with E-state index in [4.69, 9.17) is 11.6 Å². The largest absolute Gasteiger partial charge is 0.396 e. The van der Waals surface area contributed by atoms with Gasteiger partial charge in [0.05, 0.1) is 4.92 Å². The molecule has 1 aromatic rings. The number of hydrogen-bond donors (Lipinski definition) is 2. The fourth-order valence-electron chi connectivity index (χ4n) is 2.78. The number of benzene rings is 1. The highest BCUT2D eigenvalue weighted by atomic mass is 35.5. The predicted molar refractivity (Wildman–Crippen MR) is 79.3 cm³/mol. The molecule has 20 heavy (non-hydrogen) atoms. The van der Waals surface area contributed by atoms with Gasteiger partial charge in [-0.25, -0.2) is 0 Å². The zero-order valence-corrected chi connectivity index (χ0v) is 12.2. The number of aryl methyl sites for hydroxylation is 1. The summed E-state index contributed by atoms with van der Waals surface area (Å²) in [7, 11) is 0. The second-order valence-corrected chi connectivity index (χ2v) is 5.76. The Kier molecular flexibility index (Phi) is 4.83. The van der Waals surface area contributed by atoms with Crippen molar-refractivity contribution in [2.75, 3.05) is 11.9 Å². The second-order valence-electron chi connectivity index (χ2n) is 5.35. The van der Waals surface area contributed by atoms with E-state index in [9.17, 15) is 15.2 Å². The van der Waals surface area contributed by atoms with Crippen LogP contribution in [0.1, 0.15) is 31.2 Å². The van der Waals surface area contributed by atoms with Crippen LogP contribution in [-0.2, 0) is 0 Å². The zero-order valence-electron chi connectivity index (χ0n) is 11.4. The van der Waals surface area contributed by atoms with E-state index < -0.39 is 4.92 Å². The van der Waals surface area contributed by atoms with Crippen LogP contribution in [0.5, 0.6) is 0 Å². The Hall–Kier alpha value is -1.33. The summed E-state index contributed by atoms with van der Waals surface area (Å²) in [5.41, 5.74) is 1.53. The summed E-state index contributed by atoms with van der Waals surface area (Å²) in [6.07, 6.45) is 4.28. The van der Waals surface area contributed by atoms with Crippen molar-refractivity contribution < 1.29 is 10.0 Å². The molecular formula is C14H19ClN2O3. The molecule has 2 atom stereocenters. The molecule has 1 aliphatic carbocycles. The van der Waals surface area contributed by atoms with Gasteiger partial charge in [-0.3, -0.25) is 10.1 Å². The standard InChI is InChI=1S/C14H19ClN2O3/c1-9-6-14(17(19)20)11(15)7-13(9)16-12-5-3-2-4-10(12)8-18/h6-7,10,12,16,18H,2-5,8H2,1H3. The van der Waals surface area contributed by atoms with Crippen molar-refractivity contribution in [3.8, 4) is 0 Å². The van der Waals surface area contributed by atoms with Crippen molar-refractivity contribution in [1.82, 2.24) is 0 Å². The third-order valence-corrected chi connectivity index (χ3v) is 4.28. The first-order valence-corrected chi connectivity index (χ1v) is 7.22.